The van der Waals surface area contributed by atoms with Crippen LogP contribution in [0.4, 0.5) is 11.4 Å². The van der Waals surface area contributed by atoms with Gasteiger partial charge in [-0.2, -0.15) is 0 Å². The van der Waals surface area contributed by atoms with Crippen LogP contribution in [0.1, 0.15) is 15.9 Å². The highest BCUT2D eigenvalue weighted by atomic mass is 32.2. The molecule has 0 atom stereocenters. The average Bonchev–Trinajstić information content (AvgIpc) is 2.79. The largest absolute Gasteiger partial charge is 0.486 e. The molecular weight excluding hydrogens is 416 g/mol. The summed E-state index contributed by atoms with van der Waals surface area (Å²) >= 11 is 0. The van der Waals surface area contributed by atoms with Crippen molar-refractivity contribution >= 4 is 27.3 Å². The quantitative estimate of drug-likeness (QED) is 0.654. The predicted octanol–water partition coefficient (Wildman–Crippen LogP) is 3.84. The molecule has 7 nitrogen and oxygen atoms in total. The standard InChI is InChI=1S/C23H22N2O5S/c1-16-6-3-4-9-20(16)25(2)31(27,28)19-8-5-7-17(14-19)23(26)24-18-10-11-21-22(15-18)30-13-12-29-21/h3-11,14-15H,12-13H2,1-2H3,(H,24,26). The molecule has 1 N–H and O–H groups in total. The summed E-state index contributed by atoms with van der Waals surface area (Å²) in [5.41, 5.74) is 2.17. The van der Waals surface area contributed by atoms with Crippen LogP contribution in [-0.2, 0) is 10.0 Å². The Hall–Kier alpha value is -3.52. The molecule has 1 aliphatic rings. The van der Waals surface area contributed by atoms with E-state index >= 15 is 0 Å². The van der Waals surface area contributed by atoms with E-state index in [1.165, 1.54) is 23.5 Å². The summed E-state index contributed by atoms with van der Waals surface area (Å²) in [6.45, 7) is 2.77. The van der Waals surface area contributed by atoms with Gasteiger partial charge < -0.3 is 14.8 Å². The first kappa shape index (κ1) is 20.7. The van der Waals surface area contributed by atoms with Gasteiger partial charge in [-0.1, -0.05) is 24.3 Å². The highest BCUT2D eigenvalue weighted by Crippen LogP contribution is 2.33. The molecule has 0 aromatic heterocycles. The molecule has 0 aliphatic carbocycles. The lowest BCUT2D eigenvalue weighted by Gasteiger charge is -2.21. The van der Waals surface area contributed by atoms with Crippen molar-refractivity contribution in [3.05, 3.63) is 77.9 Å². The molecule has 1 aliphatic heterocycles. The van der Waals surface area contributed by atoms with E-state index in [0.29, 0.717) is 36.1 Å². The maximum atomic E-state index is 13.1. The van der Waals surface area contributed by atoms with Crippen LogP contribution in [0.3, 0.4) is 0 Å². The van der Waals surface area contributed by atoms with E-state index < -0.39 is 15.9 Å². The fourth-order valence-corrected chi connectivity index (χ4v) is 4.63. The van der Waals surface area contributed by atoms with Crippen LogP contribution in [0.15, 0.2) is 71.6 Å². The molecule has 1 heterocycles. The molecule has 0 unspecified atom stereocenters. The molecule has 0 spiro atoms. The van der Waals surface area contributed by atoms with Gasteiger partial charge in [0.2, 0.25) is 0 Å². The van der Waals surface area contributed by atoms with Crippen molar-refractivity contribution in [1.82, 2.24) is 0 Å². The van der Waals surface area contributed by atoms with Gasteiger partial charge >= 0.3 is 0 Å². The number of hydrogen-bond acceptors (Lipinski definition) is 5. The lowest BCUT2D eigenvalue weighted by atomic mass is 10.2. The van der Waals surface area contributed by atoms with Gasteiger partial charge in [0.25, 0.3) is 15.9 Å². The number of sulfonamides is 1. The molecular formula is C23H22N2O5S. The molecule has 160 valence electrons. The Labute approximate surface area is 181 Å². The molecule has 0 radical (unpaired) electrons. The summed E-state index contributed by atoms with van der Waals surface area (Å²) in [4.78, 5) is 12.8. The first-order chi connectivity index (χ1) is 14.9. The number of hydrogen-bond donors (Lipinski definition) is 1. The molecule has 1 amide bonds. The number of carbonyl (C=O) groups excluding carboxylic acids is 1. The maximum absolute atomic E-state index is 13.1. The highest BCUT2D eigenvalue weighted by molar-refractivity contribution is 7.92. The highest BCUT2D eigenvalue weighted by Gasteiger charge is 2.23. The third kappa shape index (κ3) is 4.20. The number of carbonyl (C=O) groups is 1. The topological polar surface area (TPSA) is 84.9 Å². The fraction of sp³-hybridized carbons (Fsp3) is 0.174. The number of nitrogens with one attached hydrogen (secondary N) is 1. The molecule has 0 fully saturated rings. The van der Waals surface area contributed by atoms with Gasteiger partial charge in [0.05, 0.1) is 10.6 Å². The summed E-state index contributed by atoms with van der Waals surface area (Å²) in [5.74, 6) is 0.754. The van der Waals surface area contributed by atoms with Crippen LogP contribution in [0.25, 0.3) is 0 Å². The lowest BCUT2D eigenvalue weighted by molar-refractivity contribution is 0.102. The Morgan fingerprint density at radius 2 is 1.68 bits per heavy atom. The first-order valence-corrected chi connectivity index (χ1v) is 11.2. The van der Waals surface area contributed by atoms with E-state index in [2.05, 4.69) is 5.32 Å². The van der Waals surface area contributed by atoms with Crippen molar-refractivity contribution in [2.75, 3.05) is 29.9 Å². The maximum Gasteiger partial charge on any atom is 0.264 e. The van der Waals surface area contributed by atoms with Crippen molar-refractivity contribution in [1.29, 1.82) is 0 Å². The number of ether oxygens (including phenoxy) is 2. The summed E-state index contributed by atoms with van der Waals surface area (Å²) in [6.07, 6.45) is 0. The van der Waals surface area contributed by atoms with Crippen molar-refractivity contribution in [3.63, 3.8) is 0 Å². The summed E-state index contributed by atoms with van der Waals surface area (Å²) in [7, 11) is -2.34. The molecule has 3 aromatic carbocycles. The fourth-order valence-electron chi connectivity index (χ4n) is 3.33. The second kappa shape index (κ2) is 8.31. The predicted molar refractivity (Wildman–Crippen MR) is 119 cm³/mol. The van der Waals surface area contributed by atoms with Gasteiger partial charge in [-0.25, -0.2) is 8.42 Å². The Morgan fingerprint density at radius 1 is 0.935 bits per heavy atom. The molecule has 0 bridgehead atoms. The van der Waals surface area contributed by atoms with Crippen LogP contribution < -0.4 is 19.1 Å². The molecule has 0 saturated carbocycles. The molecule has 0 saturated heterocycles. The smallest absolute Gasteiger partial charge is 0.264 e. The zero-order chi connectivity index (χ0) is 22.0. The number of rotatable bonds is 5. The van der Waals surface area contributed by atoms with Crippen molar-refractivity contribution in [2.24, 2.45) is 0 Å². The van der Waals surface area contributed by atoms with Crippen molar-refractivity contribution < 1.29 is 22.7 Å². The SMILES string of the molecule is Cc1ccccc1N(C)S(=O)(=O)c1cccc(C(=O)Nc2ccc3c(c2)OCCO3)c1. The molecule has 4 rings (SSSR count). The van der Waals surface area contributed by atoms with Gasteiger partial charge in [0.1, 0.15) is 13.2 Å². The van der Waals surface area contributed by atoms with E-state index in [9.17, 15) is 13.2 Å². The minimum absolute atomic E-state index is 0.0353. The van der Waals surface area contributed by atoms with Crippen LogP contribution in [0.2, 0.25) is 0 Å². The van der Waals surface area contributed by atoms with Crippen LogP contribution in [-0.4, -0.2) is 34.6 Å². The number of fused-ring (bicyclic) bond motifs is 1. The lowest BCUT2D eigenvalue weighted by Crippen LogP contribution is -2.27. The Balaban J connectivity index is 1.58. The Morgan fingerprint density at radius 3 is 2.45 bits per heavy atom. The average molecular weight is 439 g/mol. The van der Waals surface area contributed by atoms with E-state index in [1.54, 1.807) is 42.5 Å². The summed E-state index contributed by atoms with van der Waals surface area (Å²) < 4.78 is 38.5. The van der Waals surface area contributed by atoms with Crippen molar-refractivity contribution in [3.8, 4) is 11.5 Å². The van der Waals surface area contributed by atoms with Crippen molar-refractivity contribution in [2.45, 2.75) is 11.8 Å². The Bertz CT molecular complexity index is 1240. The van der Waals surface area contributed by atoms with E-state index in [1.807, 2.05) is 19.1 Å². The zero-order valence-electron chi connectivity index (χ0n) is 17.2. The third-order valence-corrected chi connectivity index (χ3v) is 6.78. The van der Waals surface area contributed by atoms with Crippen LogP contribution in [0.5, 0.6) is 11.5 Å². The summed E-state index contributed by atoms with van der Waals surface area (Å²) in [6, 6.07) is 18.3. The second-order valence-electron chi connectivity index (χ2n) is 7.10. The molecule has 3 aromatic rings. The Kier molecular flexibility index (Phi) is 5.56. The van der Waals surface area contributed by atoms with E-state index in [4.69, 9.17) is 9.47 Å². The summed E-state index contributed by atoms with van der Waals surface area (Å²) in [5, 5.41) is 2.77. The second-order valence-corrected chi connectivity index (χ2v) is 9.07. The van der Waals surface area contributed by atoms with Gasteiger partial charge in [-0.05, 0) is 48.9 Å². The zero-order valence-corrected chi connectivity index (χ0v) is 18.0. The first-order valence-electron chi connectivity index (χ1n) is 9.72. The molecule has 31 heavy (non-hydrogen) atoms. The molecule has 8 heteroatoms. The van der Waals surface area contributed by atoms with E-state index in [-0.39, 0.29) is 10.5 Å². The number of benzene rings is 3. The minimum Gasteiger partial charge on any atom is -0.486 e. The number of para-hydroxylation sites is 1. The van der Waals surface area contributed by atoms with Gasteiger partial charge in [-0.3, -0.25) is 9.10 Å². The van der Waals surface area contributed by atoms with Crippen LogP contribution >= 0.6 is 0 Å². The number of anilines is 2. The number of nitrogens with zero attached hydrogens (tertiary/aromatic N) is 1. The number of amides is 1. The normalized spacial score (nSPS) is 12.8. The van der Waals surface area contributed by atoms with Gasteiger partial charge in [0.15, 0.2) is 11.5 Å². The van der Waals surface area contributed by atoms with Crippen LogP contribution in [0, 0.1) is 6.92 Å². The van der Waals surface area contributed by atoms with Gasteiger partial charge in [0, 0.05) is 24.4 Å². The van der Waals surface area contributed by atoms with E-state index in [0.717, 1.165) is 5.56 Å². The minimum atomic E-state index is -3.84. The van der Waals surface area contributed by atoms with Gasteiger partial charge in [-0.15, -0.1) is 0 Å². The monoisotopic (exact) mass is 438 g/mol. The number of aryl methyl sites for hydroxylation is 1. The third-order valence-electron chi connectivity index (χ3n) is 5.01.